The summed E-state index contributed by atoms with van der Waals surface area (Å²) in [6, 6.07) is 7.29. The van der Waals surface area contributed by atoms with Crippen molar-refractivity contribution in [1.29, 1.82) is 0 Å². The van der Waals surface area contributed by atoms with Crippen LogP contribution in [-0.2, 0) is 6.54 Å². The summed E-state index contributed by atoms with van der Waals surface area (Å²) in [6.07, 6.45) is 9.88. The summed E-state index contributed by atoms with van der Waals surface area (Å²) in [4.78, 5) is 12.4. The van der Waals surface area contributed by atoms with Crippen LogP contribution in [0.1, 0.15) is 5.56 Å². The van der Waals surface area contributed by atoms with Gasteiger partial charge in [-0.3, -0.25) is 15.0 Å². The number of fused-ring (bicyclic) bond motifs is 1. The highest BCUT2D eigenvalue weighted by atomic mass is 35.5. The fourth-order valence-electron chi connectivity index (χ4n) is 2.70. The van der Waals surface area contributed by atoms with Gasteiger partial charge >= 0.3 is 0 Å². The zero-order valence-electron chi connectivity index (χ0n) is 12.5. The highest BCUT2D eigenvalue weighted by molar-refractivity contribution is 6.33. The third-order valence-corrected chi connectivity index (χ3v) is 4.12. The first-order valence-electron chi connectivity index (χ1n) is 7.35. The molecule has 24 heavy (non-hydrogen) atoms. The number of rotatable bonds is 3. The first-order chi connectivity index (χ1) is 11.7. The van der Waals surface area contributed by atoms with E-state index in [2.05, 4.69) is 15.0 Å². The van der Waals surface area contributed by atoms with Crippen LogP contribution < -0.4 is 0 Å². The van der Waals surface area contributed by atoms with E-state index >= 15 is 0 Å². The summed E-state index contributed by atoms with van der Waals surface area (Å²) in [6.45, 7) is 0.517. The van der Waals surface area contributed by atoms with Gasteiger partial charge < -0.3 is 4.57 Å². The summed E-state index contributed by atoms with van der Waals surface area (Å²) >= 11 is 6.22. The molecule has 4 nitrogen and oxygen atoms in total. The highest BCUT2D eigenvalue weighted by Gasteiger charge is 2.09. The molecule has 0 aromatic carbocycles. The molecule has 0 aliphatic heterocycles. The van der Waals surface area contributed by atoms with Gasteiger partial charge in [0.05, 0.1) is 22.3 Å². The molecular formula is C18H12ClFN4. The van der Waals surface area contributed by atoms with Crippen molar-refractivity contribution in [3.8, 4) is 11.1 Å². The topological polar surface area (TPSA) is 43.6 Å². The van der Waals surface area contributed by atoms with Gasteiger partial charge in [0, 0.05) is 48.7 Å². The molecular weight excluding hydrogens is 327 g/mol. The van der Waals surface area contributed by atoms with Crippen molar-refractivity contribution in [3.63, 3.8) is 0 Å². The Hall–Kier alpha value is -2.79. The zero-order chi connectivity index (χ0) is 16.5. The van der Waals surface area contributed by atoms with Crippen molar-refractivity contribution < 1.29 is 4.39 Å². The van der Waals surface area contributed by atoms with Crippen molar-refractivity contribution in [3.05, 3.63) is 77.8 Å². The van der Waals surface area contributed by atoms with Crippen LogP contribution in [0.3, 0.4) is 0 Å². The zero-order valence-corrected chi connectivity index (χ0v) is 13.3. The lowest BCUT2D eigenvalue weighted by Crippen LogP contribution is -1.99. The monoisotopic (exact) mass is 338 g/mol. The first kappa shape index (κ1) is 14.8. The van der Waals surface area contributed by atoms with E-state index < -0.39 is 0 Å². The summed E-state index contributed by atoms with van der Waals surface area (Å²) in [5.41, 5.74) is 4.39. The van der Waals surface area contributed by atoms with E-state index in [4.69, 9.17) is 11.6 Å². The molecule has 4 aromatic heterocycles. The van der Waals surface area contributed by atoms with Crippen LogP contribution >= 0.6 is 11.6 Å². The number of aromatic nitrogens is 4. The average molecular weight is 339 g/mol. The molecule has 0 saturated heterocycles. The van der Waals surface area contributed by atoms with Crippen molar-refractivity contribution in [2.75, 3.05) is 0 Å². The van der Waals surface area contributed by atoms with Crippen LogP contribution in [0.25, 0.3) is 22.2 Å². The molecule has 0 aliphatic rings. The Morgan fingerprint density at radius 2 is 1.96 bits per heavy atom. The summed E-state index contributed by atoms with van der Waals surface area (Å²) in [5, 5.41) is 0.575. The number of halogens is 2. The van der Waals surface area contributed by atoms with E-state index in [9.17, 15) is 4.39 Å². The predicted octanol–water partition coefficient (Wildman–Crippen LogP) is 4.33. The summed E-state index contributed by atoms with van der Waals surface area (Å²) in [7, 11) is 0. The van der Waals surface area contributed by atoms with Gasteiger partial charge in [-0.25, -0.2) is 4.39 Å². The largest absolute Gasteiger partial charge is 0.342 e. The average Bonchev–Trinajstić information content (AvgIpc) is 2.98. The van der Waals surface area contributed by atoms with E-state index in [-0.39, 0.29) is 5.82 Å². The Morgan fingerprint density at radius 3 is 2.79 bits per heavy atom. The number of pyridine rings is 3. The quantitative estimate of drug-likeness (QED) is 0.558. The Morgan fingerprint density at radius 1 is 1.04 bits per heavy atom. The molecule has 4 aromatic rings. The van der Waals surface area contributed by atoms with Crippen LogP contribution in [-0.4, -0.2) is 19.5 Å². The van der Waals surface area contributed by atoms with Crippen LogP contribution in [0.5, 0.6) is 0 Å². The fourth-order valence-corrected chi connectivity index (χ4v) is 2.93. The fraction of sp³-hybridized carbons (Fsp3) is 0.0556. The standard InChI is InChI=1S/C18H12ClFN4/c19-16-10-21-3-1-15(16)13-6-18-17(23-8-13)2-4-24(18)11-12-5-14(20)9-22-7-12/h1-10H,11H2. The minimum atomic E-state index is -0.341. The van der Waals surface area contributed by atoms with Gasteiger partial charge in [0.25, 0.3) is 0 Å². The minimum absolute atomic E-state index is 0.341. The smallest absolute Gasteiger partial charge is 0.141 e. The molecule has 4 heterocycles. The molecule has 0 N–H and O–H groups in total. The molecule has 0 aliphatic carbocycles. The minimum Gasteiger partial charge on any atom is -0.342 e. The Bertz CT molecular complexity index is 1030. The molecule has 0 saturated carbocycles. The lowest BCUT2D eigenvalue weighted by atomic mass is 10.1. The van der Waals surface area contributed by atoms with Gasteiger partial charge in [-0.1, -0.05) is 11.6 Å². The number of hydrogen-bond donors (Lipinski definition) is 0. The maximum atomic E-state index is 13.3. The molecule has 6 heteroatoms. The summed E-state index contributed by atoms with van der Waals surface area (Å²) in [5.74, 6) is -0.341. The molecule has 0 spiro atoms. The van der Waals surface area contributed by atoms with Gasteiger partial charge in [0.2, 0.25) is 0 Å². The van der Waals surface area contributed by atoms with E-state index in [1.807, 2.05) is 29.0 Å². The van der Waals surface area contributed by atoms with Crippen LogP contribution in [0.2, 0.25) is 5.02 Å². The molecule has 0 fully saturated rings. The maximum absolute atomic E-state index is 13.3. The van der Waals surface area contributed by atoms with Gasteiger partial charge in [-0.2, -0.15) is 0 Å². The SMILES string of the molecule is Fc1cncc(Cn2ccc3ncc(-c4ccncc4Cl)cc32)c1. The van der Waals surface area contributed by atoms with E-state index in [0.717, 1.165) is 27.7 Å². The third-order valence-electron chi connectivity index (χ3n) is 3.82. The van der Waals surface area contributed by atoms with Crippen molar-refractivity contribution in [1.82, 2.24) is 19.5 Å². The van der Waals surface area contributed by atoms with Gasteiger partial charge in [-0.05, 0) is 29.8 Å². The van der Waals surface area contributed by atoms with Crippen LogP contribution in [0.4, 0.5) is 4.39 Å². The van der Waals surface area contributed by atoms with E-state index in [1.165, 1.54) is 12.3 Å². The summed E-state index contributed by atoms with van der Waals surface area (Å²) < 4.78 is 15.3. The molecule has 0 radical (unpaired) electrons. The van der Waals surface area contributed by atoms with Crippen molar-refractivity contribution in [2.24, 2.45) is 0 Å². The Kier molecular flexibility index (Phi) is 3.70. The maximum Gasteiger partial charge on any atom is 0.141 e. The van der Waals surface area contributed by atoms with Crippen molar-refractivity contribution >= 4 is 22.6 Å². The molecule has 0 atom stereocenters. The Labute approximate surface area is 142 Å². The highest BCUT2D eigenvalue weighted by Crippen LogP contribution is 2.28. The lowest BCUT2D eigenvalue weighted by Gasteiger charge is -2.08. The second-order valence-corrected chi connectivity index (χ2v) is 5.85. The number of nitrogens with zero attached hydrogens (tertiary/aromatic N) is 4. The lowest BCUT2D eigenvalue weighted by molar-refractivity contribution is 0.617. The van der Waals surface area contributed by atoms with Crippen LogP contribution in [0, 0.1) is 5.82 Å². The van der Waals surface area contributed by atoms with Crippen LogP contribution in [0.15, 0.2) is 61.4 Å². The van der Waals surface area contributed by atoms with E-state index in [0.29, 0.717) is 11.6 Å². The normalized spacial score (nSPS) is 11.1. The molecule has 0 bridgehead atoms. The second kappa shape index (κ2) is 6.02. The second-order valence-electron chi connectivity index (χ2n) is 5.44. The number of hydrogen-bond acceptors (Lipinski definition) is 3. The molecule has 4 rings (SSSR count). The predicted molar refractivity (Wildman–Crippen MR) is 91.3 cm³/mol. The van der Waals surface area contributed by atoms with Gasteiger partial charge in [0.15, 0.2) is 0 Å². The third kappa shape index (κ3) is 2.74. The van der Waals surface area contributed by atoms with Crippen molar-refractivity contribution in [2.45, 2.75) is 6.54 Å². The van der Waals surface area contributed by atoms with Gasteiger partial charge in [0.1, 0.15) is 5.82 Å². The molecule has 0 unspecified atom stereocenters. The Balaban J connectivity index is 1.78. The van der Waals surface area contributed by atoms with E-state index in [1.54, 1.807) is 24.8 Å². The molecule has 0 amide bonds. The molecule has 118 valence electrons. The van der Waals surface area contributed by atoms with Gasteiger partial charge in [-0.15, -0.1) is 0 Å². The first-order valence-corrected chi connectivity index (χ1v) is 7.73.